The number of hydrogen-bond acceptors (Lipinski definition) is 0. The Hall–Kier alpha value is -1.82. The molecule has 0 atom stereocenters. The van der Waals surface area contributed by atoms with Gasteiger partial charge >= 0.3 is 0 Å². The third-order valence-electron chi connectivity index (χ3n) is 2.48. The molecule has 0 unspecified atom stereocenters. The number of rotatable bonds is 1. The maximum Gasteiger partial charge on any atom is -0.0111 e. The first kappa shape index (κ1) is 9.72. The summed E-state index contributed by atoms with van der Waals surface area (Å²) in [4.78, 5) is 0. The molecule has 0 aromatic heterocycles. The van der Waals surface area contributed by atoms with Crippen LogP contribution in [-0.4, -0.2) is 0 Å². The van der Waals surface area contributed by atoms with Crippen LogP contribution in [0.5, 0.6) is 0 Å². The van der Waals surface area contributed by atoms with E-state index < -0.39 is 0 Å². The zero-order chi connectivity index (χ0) is 10.8. The van der Waals surface area contributed by atoms with Crippen LogP contribution in [0.3, 0.4) is 0 Å². The highest BCUT2D eigenvalue weighted by Crippen LogP contribution is 2.06. The molecular weight excluding hydrogens is 180 g/mol. The Morgan fingerprint density at radius 3 is 2.60 bits per heavy atom. The molecule has 0 radical (unpaired) electrons. The number of benzene rings is 2. The SMILES string of the molecule is C=C(C)/C=c1/ccc2ccccc2c1=C. The lowest BCUT2D eigenvalue weighted by Gasteiger charge is -1.98. The molecule has 0 heteroatoms. The van der Waals surface area contributed by atoms with E-state index in [-0.39, 0.29) is 0 Å². The first-order valence-electron chi connectivity index (χ1n) is 5.02. The van der Waals surface area contributed by atoms with E-state index in [1.54, 1.807) is 0 Å². The molecule has 0 spiro atoms. The lowest BCUT2D eigenvalue weighted by molar-refractivity contribution is 1.54. The van der Waals surface area contributed by atoms with Gasteiger partial charge in [-0.2, -0.15) is 0 Å². The zero-order valence-electron chi connectivity index (χ0n) is 8.96. The largest absolute Gasteiger partial charge is 0.0961 e. The average Bonchev–Trinajstić information content (AvgIpc) is 2.22. The predicted molar refractivity (Wildman–Crippen MR) is 68.0 cm³/mol. The molecule has 0 aliphatic carbocycles. The van der Waals surface area contributed by atoms with Crippen LogP contribution in [0, 0.1) is 0 Å². The Kier molecular flexibility index (Phi) is 2.42. The highest BCUT2D eigenvalue weighted by Gasteiger charge is 1.93. The molecule has 74 valence electrons. The third-order valence-corrected chi connectivity index (χ3v) is 2.48. The molecule has 0 aliphatic heterocycles. The number of fused-ring (bicyclic) bond motifs is 1. The molecule has 0 N–H and O–H groups in total. The predicted octanol–water partition coefficient (Wildman–Crippen LogP) is 2.61. The molecule has 0 aliphatic rings. The van der Waals surface area contributed by atoms with Crippen LogP contribution in [0.25, 0.3) is 23.4 Å². The smallest absolute Gasteiger partial charge is 0.0111 e. The summed E-state index contributed by atoms with van der Waals surface area (Å²) in [5, 5.41) is 4.69. The van der Waals surface area contributed by atoms with Crippen LogP contribution in [-0.2, 0) is 0 Å². The van der Waals surface area contributed by atoms with E-state index in [1.165, 1.54) is 10.8 Å². The van der Waals surface area contributed by atoms with Crippen molar-refractivity contribution in [1.29, 1.82) is 0 Å². The standard InChI is InChI=1S/C15H14/c1-11(2)10-14-9-8-13-6-4-5-7-15(13)12(14)3/h4-10H,1,3H2,2H3/b14-10-. The molecule has 2 aromatic rings. The highest BCUT2D eigenvalue weighted by atomic mass is 14.0. The minimum atomic E-state index is 1.05. The maximum absolute atomic E-state index is 4.13. The van der Waals surface area contributed by atoms with Gasteiger partial charge in [0.25, 0.3) is 0 Å². The normalized spacial score (nSPS) is 11.9. The summed E-state index contributed by atoms with van der Waals surface area (Å²) in [6.07, 6.45) is 2.06. The van der Waals surface area contributed by atoms with Crippen molar-refractivity contribution in [1.82, 2.24) is 0 Å². The van der Waals surface area contributed by atoms with Gasteiger partial charge in [0.15, 0.2) is 0 Å². The minimum Gasteiger partial charge on any atom is -0.0961 e. The summed E-state index contributed by atoms with van der Waals surface area (Å²) in [5.74, 6) is 0. The van der Waals surface area contributed by atoms with Crippen molar-refractivity contribution >= 4 is 23.4 Å². The molecule has 2 aromatic carbocycles. The minimum absolute atomic E-state index is 1.05. The fourth-order valence-electron chi connectivity index (χ4n) is 1.75. The van der Waals surface area contributed by atoms with Gasteiger partial charge in [-0.25, -0.2) is 0 Å². The van der Waals surface area contributed by atoms with Gasteiger partial charge < -0.3 is 0 Å². The Morgan fingerprint density at radius 2 is 1.87 bits per heavy atom. The van der Waals surface area contributed by atoms with E-state index in [1.807, 2.05) is 19.1 Å². The Bertz CT molecular complexity index is 618. The van der Waals surface area contributed by atoms with E-state index in [2.05, 4.69) is 43.5 Å². The monoisotopic (exact) mass is 194 g/mol. The highest BCUT2D eigenvalue weighted by molar-refractivity contribution is 5.83. The quantitative estimate of drug-likeness (QED) is 0.654. The second-order valence-corrected chi connectivity index (χ2v) is 3.85. The van der Waals surface area contributed by atoms with Crippen LogP contribution in [0.15, 0.2) is 48.6 Å². The molecule has 0 saturated carbocycles. The van der Waals surface area contributed by atoms with Crippen molar-refractivity contribution in [3.05, 3.63) is 59.0 Å². The molecule has 0 nitrogen and oxygen atoms in total. The summed E-state index contributed by atoms with van der Waals surface area (Å²) in [5.41, 5.74) is 1.05. The Balaban J connectivity index is 2.88. The summed E-state index contributed by atoms with van der Waals surface area (Å²) in [7, 11) is 0. The lowest BCUT2D eigenvalue weighted by Crippen LogP contribution is -2.23. The summed E-state index contributed by atoms with van der Waals surface area (Å²) in [6.45, 7) is 10.0. The number of hydrogen-bond donors (Lipinski definition) is 0. The second kappa shape index (κ2) is 3.74. The van der Waals surface area contributed by atoms with Gasteiger partial charge in [-0.15, -0.1) is 0 Å². The van der Waals surface area contributed by atoms with Gasteiger partial charge in [0, 0.05) is 0 Å². The van der Waals surface area contributed by atoms with E-state index in [0.29, 0.717) is 0 Å². The molecule has 15 heavy (non-hydrogen) atoms. The lowest BCUT2D eigenvalue weighted by atomic mass is 10.1. The fourth-order valence-corrected chi connectivity index (χ4v) is 1.75. The Morgan fingerprint density at radius 1 is 1.13 bits per heavy atom. The van der Waals surface area contributed by atoms with Crippen LogP contribution >= 0.6 is 0 Å². The van der Waals surface area contributed by atoms with Crippen molar-refractivity contribution < 1.29 is 0 Å². The van der Waals surface area contributed by atoms with Crippen LogP contribution < -0.4 is 10.4 Å². The van der Waals surface area contributed by atoms with E-state index in [9.17, 15) is 0 Å². The summed E-state index contributed by atoms with van der Waals surface area (Å²) in [6, 6.07) is 12.5. The van der Waals surface area contributed by atoms with Gasteiger partial charge in [-0.3, -0.25) is 0 Å². The third kappa shape index (κ3) is 1.84. The zero-order valence-corrected chi connectivity index (χ0v) is 8.96. The first-order valence-corrected chi connectivity index (χ1v) is 5.02. The van der Waals surface area contributed by atoms with Crippen molar-refractivity contribution in [2.45, 2.75) is 6.92 Å². The topological polar surface area (TPSA) is 0 Å². The molecule has 0 bridgehead atoms. The van der Waals surface area contributed by atoms with Crippen LogP contribution in [0.2, 0.25) is 0 Å². The summed E-state index contributed by atoms with van der Waals surface area (Å²) < 4.78 is 0. The van der Waals surface area contributed by atoms with Crippen LogP contribution in [0.4, 0.5) is 0 Å². The maximum atomic E-state index is 4.13. The number of allylic oxidation sites excluding steroid dienone is 1. The first-order chi connectivity index (χ1) is 7.18. The van der Waals surface area contributed by atoms with Gasteiger partial charge in [-0.05, 0) is 28.1 Å². The van der Waals surface area contributed by atoms with Gasteiger partial charge in [0.2, 0.25) is 0 Å². The molecule has 0 heterocycles. The van der Waals surface area contributed by atoms with Gasteiger partial charge in [0.05, 0.1) is 0 Å². The summed E-state index contributed by atoms with van der Waals surface area (Å²) >= 11 is 0. The van der Waals surface area contributed by atoms with Crippen molar-refractivity contribution in [2.24, 2.45) is 0 Å². The van der Waals surface area contributed by atoms with Gasteiger partial charge in [0.1, 0.15) is 0 Å². The molecule has 0 fully saturated rings. The molecule has 0 amide bonds. The van der Waals surface area contributed by atoms with Crippen LogP contribution in [0.1, 0.15) is 6.92 Å². The van der Waals surface area contributed by atoms with Gasteiger partial charge in [-0.1, -0.05) is 61.2 Å². The molecule has 2 rings (SSSR count). The van der Waals surface area contributed by atoms with E-state index in [4.69, 9.17) is 0 Å². The molecular formula is C15H14. The molecule has 0 saturated heterocycles. The van der Waals surface area contributed by atoms with Crippen molar-refractivity contribution in [2.75, 3.05) is 0 Å². The second-order valence-electron chi connectivity index (χ2n) is 3.85. The van der Waals surface area contributed by atoms with Crippen molar-refractivity contribution in [3.8, 4) is 0 Å². The average molecular weight is 194 g/mol. The fraction of sp³-hybridized carbons (Fsp3) is 0.0667. The van der Waals surface area contributed by atoms with E-state index in [0.717, 1.165) is 16.0 Å². The Labute approximate surface area is 89.9 Å². The van der Waals surface area contributed by atoms with E-state index >= 15 is 0 Å². The van der Waals surface area contributed by atoms with Crippen molar-refractivity contribution in [3.63, 3.8) is 0 Å².